The number of phenolic OH excluding ortho intramolecular Hbond substituents is 1. The highest BCUT2D eigenvalue weighted by Gasteiger charge is 2.25. The zero-order chi connectivity index (χ0) is 10.7. The predicted octanol–water partition coefficient (Wildman–Crippen LogP) is 1.27. The van der Waals surface area contributed by atoms with Gasteiger partial charge >= 0.3 is 0 Å². The largest absolute Gasteiger partial charge is 0.508 e. The molecule has 0 unspecified atom stereocenters. The number of benzene rings is 1. The molecule has 2 atom stereocenters. The van der Waals surface area contributed by atoms with Crippen molar-refractivity contribution in [2.45, 2.75) is 25.2 Å². The van der Waals surface area contributed by atoms with Crippen LogP contribution in [-0.2, 0) is 4.74 Å². The van der Waals surface area contributed by atoms with Crippen LogP contribution >= 0.6 is 0 Å². The van der Waals surface area contributed by atoms with E-state index >= 15 is 0 Å². The summed E-state index contributed by atoms with van der Waals surface area (Å²) in [5, 5.41) is 18.7. The average Bonchev–Trinajstić information content (AvgIpc) is 2.25. The first-order chi connectivity index (χ1) is 7.25. The van der Waals surface area contributed by atoms with Crippen LogP contribution in [0.1, 0.15) is 12.8 Å². The van der Waals surface area contributed by atoms with Crippen molar-refractivity contribution in [2.75, 3.05) is 6.61 Å². The molecule has 0 saturated carbocycles. The van der Waals surface area contributed by atoms with Crippen molar-refractivity contribution in [1.29, 1.82) is 0 Å². The molecule has 1 aliphatic rings. The van der Waals surface area contributed by atoms with Crippen molar-refractivity contribution in [3.63, 3.8) is 0 Å². The lowest BCUT2D eigenvalue weighted by molar-refractivity contribution is -0.170. The van der Waals surface area contributed by atoms with Crippen LogP contribution in [0.5, 0.6) is 11.5 Å². The van der Waals surface area contributed by atoms with Gasteiger partial charge in [-0.2, -0.15) is 0 Å². The smallest absolute Gasteiger partial charge is 0.226 e. The van der Waals surface area contributed by atoms with Gasteiger partial charge in [0, 0.05) is 0 Å². The van der Waals surface area contributed by atoms with E-state index in [9.17, 15) is 5.11 Å². The van der Waals surface area contributed by atoms with E-state index in [1.807, 2.05) is 0 Å². The van der Waals surface area contributed by atoms with Crippen molar-refractivity contribution >= 4 is 0 Å². The molecule has 0 bridgehead atoms. The van der Waals surface area contributed by atoms with Crippen LogP contribution in [0.3, 0.4) is 0 Å². The molecule has 1 aromatic rings. The standard InChI is InChI=1S/C11H14O4/c12-8-3-5-9(6-4-8)15-11-10(13)2-1-7-14-11/h3-6,10-13H,1-2,7H2/t10-,11-/m0/s1. The third-order valence-corrected chi connectivity index (χ3v) is 2.33. The molecular formula is C11H14O4. The van der Waals surface area contributed by atoms with Crippen molar-refractivity contribution in [3.8, 4) is 11.5 Å². The van der Waals surface area contributed by atoms with E-state index in [-0.39, 0.29) is 5.75 Å². The molecule has 1 aromatic carbocycles. The fraction of sp³-hybridized carbons (Fsp3) is 0.455. The zero-order valence-corrected chi connectivity index (χ0v) is 8.30. The number of hydrogen-bond donors (Lipinski definition) is 2. The lowest BCUT2D eigenvalue weighted by Gasteiger charge is -2.28. The predicted molar refractivity (Wildman–Crippen MR) is 53.7 cm³/mol. The Hall–Kier alpha value is -1.26. The molecule has 0 aromatic heterocycles. The van der Waals surface area contributed by atoms with E-state index in [0.717, 1.165) is 6.42 Å². The number of aliphatic hydroxyl groups is 1. The molecule has 0 radical (unpaired) electrons. The molecule has 82 valence electrons. The van der Waals surface area contributed by atoms with Crippen LogP contribution in [0.25, 0.3) is 0 Å². The minimum absolute atomic E-state index is 0.187. The number of aromatic hydroxyl groups is 1. The van der Waals surface area contributed by atoms with Crippen molar-refractivity contribution < 1.29 is 19.7 Å². The van der Waals surface area contributed by atoms with Crippen LogP contribution in [0.4, 0.5) is 0 Å². The Labute approximate surface area is 88.1 Å². The molecule has 2 N–H and O–H groups in total. The number of rotatable bonds is 2. The SMILES string of the molecule is Oc1ccc(O[C@@H]2OCCC[C@@H]2O)cc1. The van der Waals surface area contributed by atoms with E-state index in [2.05, 4.69) is 0 Å². The minimum atomic E-state index is -0.594. The lowest BCUT2D eigenvalue weighted by Crippen LogP contribution is -2.38. The summed E-state index contributed by atoms with van der Waals surface area (Å²) in [5.41, 5.74) is 0. The lowest BCUT2D eigenvalue weighted by atomic mass is 10.1. The maximum Gasteiger partial charge on any atom is 0.226 e. The summed E-state index contributed by atoms with van der Waals surface area (Å²) in [4.78, 5) is 0. The molecule has 4 nitrogen and oxygen atoms in total. The van der Waals surface area contributed by atoms with Gasteiger partial charge in [0.15, 0.2) is 0 Å². The maximum atomic E-state index is 9.59. The highest BCUT2D eigenvalue weighted by atomic mass is 16.7. The van der Waals surface area contributed by atoms with Crippen LogP contribution in [-0.4, -0.2) is 29.2 Å². The van der Waals surface area contributed by atoms with Crippen LogP contribution in [0, 0.1) is 0 Å². The van der Waals surface area contributed by atoms with Gasteiger partial charge < -0.3 is 19.7 Å². The molecule has 1 heterocycles. The first kappa shape index (κ1) is 10.3. The topological polar surface area (TPSA) is 58.9 Å². The molecule has 0 amide bonds. The average molecular weight is 210 g/mol. The zero-order valence-electron chi connectivity index (χ0n) is 8.30. The Kier molecular flexibility index (Phi) is 3.08. The van der Waals surface area contributed by atoms with Gasteiger partial charge in [-0.05, 0) is 37.1 Å². The molecular weight excluding hydrogens is 196 g/mol. The van der Waals surface area contributed by atoms with Crippen molar-refractivity contribution in [3.05, 3.63) is 24.3 Å². The summed E-state index contributed by atoms with van der Waals surface area (Å²) in [6.45, 7) is 0.611. The van der Waals surface area contributed by atoms with E-state index in [4.69, 9.17) is 14.6 Å². The summed E-state index contributed by atoms with van der Waals surface area (Å²) in [6, 6.07) is 6.34. The Bertz CT molecular complexity index is 309. The van der Waals surface area contributed by atoms with Crippen molar-refractivity contribution in [2.24, 2.45) is 0 Å². The number of hydrogen-bond acceptors (Lipinski definition) is 4. The molecule has 2 rings (SSSR count). The molecule has 1 fully saturated rings. The Balaban J connectivity index is 1.98. The second-order valence-electron chi connectivity index (χ2n) is 3.56. The summed E-state index contributed by atoms with van der Waals surface area (Å²) in [5.74, 6) is 0.770. The summed E-state index contributed by atoms with van der Waals surface area (Å²) >= 11 is 0. The molecule has 1 saturated heterocycles. The second-order valence-corrected chi connectivity index (χ2v) is 3.56. The number of phenols is 1. The van der Waals surface area contributed by atoms with Gasteiger partial charge in [0.25, 0.3) is 0 Å². The third-order valence-electron chi connectivity index (χ3n) is 2.33. The van der Waals surface area contributed by atoms with E-state index in [1.165, 1.54) is 12.1 Å². The molecule has 15 heavy (non-hydrogen) atoms. The van der Waals surface area contributed by atoms with Crippen molar-refractivity contribution in [1.82, 2.24) is 0 Å². The number of ether oxygens (including phenoxy) is 2. The highest BCUT2D eigenvalue weighted by molar-refractivity contribution is 5.30. The van der Waals surface area contributed by atoms with Crippen LogP contribution in [0.15, 0.2) is 24.3 Å². The van der Waals surface area contributed by atoms with E-state index < -0.39 is 12.4 Å². The van der Waals surface area contributed by atoms with Gasteiger partial charge in [0.05, 0.1) is 6.61 Å². The summed E-state index contributed by atoms with van der Waals surface area (Å²) < 4.78 is 10.7. The fourth-order valence-corrected chi connectivity index (χ4v) is 1.51. The van der Waals surface area contributed by atoms with Gasteiger partial charge in [-0.3, -0.25) is 0 Å². The maximum absolute atomic E-state index is 9.59. The minimum Gasteiger partial charge on any atom is -0.508 e. The quantitative estimate of drug-likeness (QED) is 0.771. The molecule has 0 spiro atoms. The number of aliphatic hydroxyl groups excluding tert-OH is 1. The van der Waals surface area contributed by atoms with Gasteiger partial charge in [-0.15, -0.1) is 0 Å². The van der Waals surface area contributed by atoms with Gasteiger partial charge in [0.1, 0.15) is 17.6 Å². The molecule has 4 heteroatoms. The summed E-state index contributed by atoms with van der Waals surface area (Å²) in [7, 11) is 0. The van der Waals surface area contributed by atoms with E-state index in [0.29, 0.717) is 18.8 Å². The van der Waals surface area contributed by atoms with Crippen LogP contribution in [0.2, 0.25) is 0 Å². The van der Waals surface area contributed by atoms with Gasteiger partial charge in [0.2, 0.25) is 6.29 Å². The second kappa shape index (κ2) is 4.51. The first-order valence-electron chi connectivity index (χ1n) is 5.01. The third kappa shape index (κ3) is 2.61. The monoisotopic (exact) mass is 210 g/mol. The molecule has 0 aliphatic carbocycles. The van der Waals surface area contributed by atoms with Crippen LogP contribution < -0.4 is 4.74 Å². The normalized spacial score (nSPS) is 26.2. The van der Waals surface area contributed by atoms with Gasteiger partial charge in [-0.1, -0.05) is 0 Å². The molecule has 1 aliphatic heterocycles. The Morgan fingerprint density at radius 2 is 2.00 bits per heavy atom. The van der Waals surface area contributed by atoms with E-state index in [1.54, 1.807) is 12.1 Å². The highest BCUT2D eigenvalue weighted by Crippen LogP contribution is 2.21. The van der Waals surface area contributed by atoms with Gasteiger partial charge in [-0.25, -0.2) is 0 Å². The fourth-order valence-electron chi connectivity index (χ4n) is 1.51. The Morgan fingerprint density at radius 1 is 1.27 bits per heavy atom. The summed E-state index contributed by atoms with van der Waals surface area (Å²) in [6.07, 6.45) is 0.384. The Morgan fingerprint density at radius 3 is 2.67 bits per heavy atom. The first-order valence-corrected chi connectivity index (χ1v) is 5.01.